The van der Waals surface area contributed by atoms with Gasteiger partial charge in [-0.05, 0) is 22.9 Å². The predicted octanol–water partition coefficient (Wildman–Crippen LogP) is 5.40. The number of nitrogens with two attached hydrogens (primary N) is 1. The molecule has 0 radical (unpaired) electrons. The molecule has 122 valence electrons. The van der Waals surface area contributed by atoms with Gasteiger partial charge in [-0.25, -0.2) is 0 Å². The summed E-state index contributed by atoms with van der Waals surface area (Å²) in [6.07, 6.45) is 0. The lowest BCUT2D eigenvalue weighted by molar-refractivity contribution is 0.480. The number of nitrogens with zero attached hydrogens (tertiary/aromatic N) is 2. The van der Waals surface area contributed by atoms with E-state index in [4.69, 9.17) is 5.73 Å². The molecule has 4 aromatic carbocycles. The van der Waals surface area contributed by atoms with Crippen molar-refractivity contribution in [2.45, 2.75) is 0 Å². The molecule has 0 saturated carbocycles. The highest BCUT2D eigenvalue weighted by atomic mass is 16.3. The van der Waals surface area contributed by atoms with Gasteiger partial charge in [0.2, 0.25) is 0 Å². The average Bonchev–Trinajstić information content (AvgIpc) is 2.63. The summed E-state index contributed by atoms with van der Waals surface area (Å²) in [7, 11) is 0. The monoisotopic (exact) mass is 329 g/mol. The molecule has 0 atom stereocenters. The minimum atomic E-state index is -0.0281. The first-order valence-electron chi connectivity index (χ1n) is 7.78. The third kappa shape index (κ3) is 2.52. The highest BCUT2D eigenvalue weighted by Gasteiger charge is 2.11. The normalized spacial score (nSPS) is 11.5. The maximum atomic E-state index is 10.5. The third-order valence-electron chi connectivity index (χ3n) is 4.16. The summed E-state index contributed by atoms with van der Waals surface area (Å²) in [5, 5.41) is 32.1. The zero-order valence-corrected chi connectivity index (χ0v) is 13.2. The standard InChI is InChI=1S/C20H15N3O2/c21-16-11-13-6-2-4-8-15(13)20(25)18(16)23-22-17-10-9-12-5-1-3-7-14(12)19(17)24/h1-11,24-25H,21H2. The Balaban J connectivity index is 1.83. The number of phenolic OH excluding ortho intramolecular Hbond substituents is 2. The average molecular weight is 329 g/mol. The van der Waals surface area contributed by atoms with Crippen molar-refractivity contribution in [3.8, 4) is 11.5 Å². The highest BCUT2D eigenvalue weighted by molar-refractivity contribution is 5.97. The minimum absolute atomic E-state index is 0.0281. The highest BCUT2D eigenvalue weighted by Crippen LogP contribution is 2.42. The largest absolute Gasteiger partial charge is 0.505 e. The van der Waals surface area contributed by atoms with E-state index in [-0.39, 0.29) is 17.2 Å². The molecular formula is C20H15N3O2. The molecule has 4 aromatic rings. The molecule has 0 aliphatic heterocycles. The number of rotatable bonds is 2. The molecule has 0 amide bonds. The van der Waals surface area contributed by atoms with Crippen molar-refractivity contribution in [1.82, 2.24) is 0 Å². The number of azo groups is 1. The van der Waals surface area contributed by atoms with Crippen LogP contribution in [0.15, 0.2) is 77.0 Å². The van der Waals surface area contributed by atoms with Gasteiger partial charge in [-0.3, -0.25) is 0 Å². The zero-order valence-electron chi connectivity index (χ0n) is 13.2. The Hall–Kier alpha value is -3.60. The van der Waals surface area contributed by atoms with E-state index >= 15 is 0 Å². The van der Waals surface area contributed by atoms with Crippen molar-refractivity contribution in [3.05, 3.63) is 66.7 Å². The lowest BCUT2D eigenvalue weighted by Gasteiger charge is -2.07. The van der Waals surface area contributed by atoms with Crippen LogP contribution in [0.4, 0.5) is 17.1 Å². The van der Waals surface area contributed by atoms with Crippen molar-refractivity contribution in [2.24, 2.45) is 10.2 Å². The Bertz CT molecular complexity index is 1140. The molecule has 0 aliphatic carbocycles. The van der Waals surface area contributed by atoms with E-state index in [2.05, 4.69) is 10.2 Å². The van der Waals surface area contributed by atoms with Gasteiger partial charge in [0.25, 0.3) is 0 Å². The Kier molecular flexibility index (Phi) is 3.47. The van der Waals surface area contributed by atoms with Crippen molar-refractivity contribution in [1.29, 1.82) is 0 Å². The van der Waals surface area contributed by atoms with E-state index in [1.165, 1.54) is 0 Å². The molecule has 25 heavy (non-hydrogen) atoms. The maximum absolute atomic E-state index is 10.5. The molecular weight excluding hydrogens is 314 g/mol. The van der Waals surface area contributed by atoms with Crippen LogP contribution in [-0.2, 0) is 0 Å². The molecule has 0 spiro atoms. The number of anilines is 1. The van der Waals surface area contributed by atoms with Crippen molar-refractivity contribution in [3.63, 3.8) is 0 Å². The molecule has 5 nitrogen and oxygen atoms in total. The summed E-state index contributed by atoms with van der Waals surface area (Å²) in [6, 6.07) is 20.1. The second kappa shape index (κ2) is 5.79. The topological polar surface area (TPSA) is 91.2 Å². The first-order chi connectivity index (χ1) is 12.1. The quantitative estimate of drug-likeness (QED) is 0.339. The molecule has 4 rings (SSSR count). The predicted molar refractivity (Wildman–Crippen MR) is 99.8 cm³/mol. The van der Waals surface area contributed by atoms with Gasteiger partial charge in [-0.15, -0.1) is 10.2 Å². The molecule has 0 aliphatic rings. The van der Waals surface area contributed by atoms with Crippen LogP contribution >= 0.6 is 0 Å². The SMILES string of the molecule is Nc1cc2ccccc2c(O)c1N=Nc1ccc2ccccc2c1O. The van der Waals surface area contributed by atoms with Gasteiger partial charge in [-0.1, -0.05) is 54.6 Å². The number of fused-ring (bicyclic) bond motifs is 2. The Morgan fingerprint density at radius 2 is 1.32 bits per heavy atom. The molecule has 0 saturated heterocycles. The summed E-state index contributed by atoms with van der Waals surface area (Å²) in [4.78, 5) is 0. The third-order valence-corrected chi connectivity index (χ3v) is 4.16. The van der Waals surface area contributed by atoms with Crippen LogP contribution in [0.5, 0.6) is 11.5 Å². The van der Waals surface area contributed by atoms with Gasteiger partial charge < -0.3 is 15.9 Å². The summed E-state index contributed by atoms with van der Waals surface area (Å²) in [6.45, 7) is 0. The van der Waals surface area contributed by atoms with Gasteiger partial charge in [0.1, 0.15) is 5.69 Å². The van der Waals surface area contributed by atoms with Crippen LogP contribution in [0.3, 0.4) is 0 Å². The molecule has 0 unspecified atom stereocenters. The van der Waals surface area contributed by atoms with E-state index in [0.29, 0.717) is 22.1 Å². The second-order valence-corrected chi connectivity index (χ2v) is 5.74. The lowest BCUT2D eigenvalue weighted by Crippen LogP contribution is -1.87. The molecule has 0 fully saturated rings. The smallest absolute Gasteiger partial charge is 0.153 e. The van der Waals surface area contributed by atoms with Crippen molar-refractivity contribution < 1.29 is 10.2 Å². The first-order valence-corrected chi connectivity index (χ1v) is 7.78. The van der Waals surface area contributed by atoms with Crippen LogP contribution in [-0.4, -0.2) is 10.2 Å². The second-order valence-electron chi connectivity index (χ2n) is 5.74. The van der Waals surface area contributed by atoms with Crippen LogP contribution in [0.25, 0.3) is 21.5 Å². The van der Waals surface area contributed by atoms with E-state index in [1.54, 1.807) is 18.2 Å². The lowest BCUT2D eigenvalue weighted by atomic mass is 10.1. The number of hydrogen-bond acceptors (Lipinski definition) is 5. The van der Waals surface area contributed by atoms with Crippen molar-refractivity contribution >= 4 is 38.6 Å². The van der Waals surface area contributed by atoms with Gasteiger partial charge in [0.15, 0.2) is 17.2 Å². The zero-order chi connectivity index (χ0) is 17.4. The van der Waals surface area contributed by atoms with Gasteiger partial charge in [-0.2, -0.15) is 0 Å². The molecule has 0 heterocycles. The van der Waals surface area contributed by atoms with Gasteiger partial charge >= 0.3 is 0 Å². The Morgan fingerprint density at radius 1 is 0.680 bits per heavy atom. The van der Waals surface area contributed by atoms with Crippen LogP contribution in [0, 0.1) is 0 Å². The van der Waals surface area contributed by atoms with Crippen LogP contribution < -0.4 is 5.73 Å². The van der Waals surface area contributed by atoms with Crippen molar-refractivity contribution in [2.75, 3.05) is 5.73 Å². The van der Waals surface area contributed by atoms with Gasteiger partial charge in [0.05, 0.1) is 5.69 Å². The molecule has 0 bridgehead atoms. The maximum Gasteiger partial charge on any atom is 0.153 e. The summed E-state index contributed by atoms with van der Waals surface area (Å²) < 4.78 is 0. The minimum Gasteiger partial charge on any atom is -0.505 e. The number of aromatic hydroxyl groups is 2. The number of phenols is 2. The fourth-order valence-corrected chi connectivity index (χ4v) is 2.87. The first kappa shape index (κ1) is 15.0. The van der Waals surface area contributed by atoms with Crippen LogP contribution in [0.2, 0.25) is 0 Å². The summed E-state index contributed by atoms with van der Waals surface area (Å²) in [5.41, 5.74) is 6.82. The Labute approximate surface area is 143 Å². The number of benzene rings is 4. The summed E-state index contributed by atoms with van der Waals surface area (Å²) in [5.74, 6) is 0.0142. The van der Waals surface area contributed by atoms with Gasteiger partial charge in [0, 0.05) is 10.8 Å². The fourth-order valence-electron chi connectivity index (χ4n) is 2.87. The van der Waals surface area contributed by atoms with E-state index in [0.717, 1.165) is 10.8 Å². The number of nitrogen functional groups attached to an aromatic ring is 1. The molecule has 0 aromatic heterocycles. The fraction of sp³-hybridized carbons (Fsp3) is 0. The number of hydrogen-bond donors (Lipinski definition) is 3. The van der Waals surface area contributed by atoms with E-state index in [1.807, 2.05) is 48.5 Å². The van der Waals surface area contributed by atoms with Crippen LogP contribution in [0.1, 0.15) is 0 Å². The van der Waals surface area contributed by atoms with E-state index in [9.17, 15) is 10.2 Å². The molecule has 5 heteroatoms. The molecule has 4 N–H and O–H groups in total. The van der Waals surface area contributed by atoms with E-state index < -0.39 is 0 Å². The summed E-state index contributed by atoms with van der Waals surface area (Å²) >= 11 is 0. The Morgan fingerprint density at radius 3 is 2.08 bits per heavy atom.